The monoisotopic (exact) mass is 395 g/mol. The smallest absolute Gasteiger partial charge is 0.258 e. The molecule has 0 atom stereocenters. The average molecular weight is 395 g/mol. The molecule has 1 N–H and O–H groups in total. The van der Waals surface area contributed by atoms with Gasteiger partial charge in [-0.3, -0.25) is 4.79 Å². The number of nitrogens with one attached hydrogen (secondary N) is 1. The Morgan fingerprint density at radius 2 is 1.79 bits per heavy atom. The van der Waals surface area contributed by atoms with E-state index in [0.717, 1.165) is 47.6 Å². The molecular formula is C23H19F2NO3. The number of amides is 1. The maximum absolute atomic E-state index is 13.5. The van der Waals surface area contributed by atoms with E-state index in [0.29, 0.717) is 12.6 Å². The fourth-order valence-corrected chi connectivity index (χ4v) is 3.17. The summed E-state index contributed by atoms with van der Waals surface area (Å²) in [6.45, 7) is 0.708. The van der Waals surface area contributed by atoms with Crippen LogP contribution in [0.15, 0.2) is 60.7 Å². The van der Waals surface area contributed by atoms with Crippen LogP contribution in [0.5, 0.6) is 11.5 Å². The van der Waals surface area contributed by atoms with Gasteiger partial charge in [-0.1, -0.05) is 30.3 Å². The number of fused-ring (bicyclic) bond motifs is 1. The molecule has 3 aromatic carbocycles. The first-order valence-electron chi connectivity index (χ1n) is 9.28. The summed E-state index contributed by atoms with van der Waals surface area (Å²) in [5.41, 5.74) is 4.36. The molecule has 0 saturated heterocycles. The van der Waals surface area contributed by atoms with E-state index < -0.39 is 17.5 Å². The van der Waals surface area contributed by atoms with Crippen LogP contribution in [-0.4, -0.2) is 19.1 Å². The Hall–Kier alpha value is -3.41. The van der Waals surface area contributed by atoms with Crippen LogP contribution < -0.4 is 14.8 Å². The van der Waals surface area contributed by atoms with E-state index in [-0.39, 0.29) is 12.4 Å². The molecule has 0 bridgehead atoms. The van der Waals surface area contributed by atoms with E-state index >= 15 is 0 Å². The van der Waals surface area contributed by atoms with Crippen molar-refractivity contribution in [1.82, 2.24) is 5.32 Å². The second kappa shape index (κ2) is 8.31. The first-order chi connectivity index (χ1) is 14.1. The van der Waals surface area contributed by atoms with Gasteiger partial charge >= 0.3 is 0 Å². The van der Waals surface area contributed by atoms with Crippen molar-refractivity contribution in [2.75, 3.05) is 13.2 Å². The van der Waals surface area contributed by atoms with Crippen LogP contribution in [0.25, 0.3) is 11.1 Å². The lowest BCUT2D eigenvalue weighted by Crippen LogP contribution is -2.28. The number of rotatable bonds is 6. The van der Waals surface area contributed by atoms with Gasteiger partial charge in [0, 0.05) is 19.0 Å². The zero-order chi connectivity index (χ0) is 20.2. The first kappa shape index (κ1) is 18.9. The molecule has 3 aromatic rings. The third-order valence-corrected chi connectivity index (χ3v) is 4.72. The SMILES string of the molecule is O=C(COc1ccc(F)cc1F)NCc1ccc(-c2ccc3c(c2)CCO3)cc1. The predicted molar refractivity (Wildman–Crippen MR) is 105 cm³/mol. The zero-order valence-electron chi connectivity index (χ0n) is 15.6. The Bertz CT molecular complexity index is 1030. The fraction of sp³-hybridized carbons (Fsp3) is 0.174. The lowest BCUT2D eigenvalue weighted by molar-refractivity contribution is -0.123. The van der Waals surface area contributed by atoms with Gasteiger partial charge in [-0.2, -0.15) is 0 Å². The number of carbonyl (C=O) groups excluding carboxylic acids is 1. The van der Waals surface area contributed by atoms with Gasteiger partial charge in [0.05, 0.1) is 6.61 Å². The van der Waals surface area contributed by atoms with Crippen molar-refractivity contribution in [3.05, 3.63) is 83.4 Å². The van der Waals surface area contributed by atoms with E-state index in [1.165, 1.54) is 5.56 Å². The highest BCUT2D eigenvalue weighted by atomic mass is 19.1. The molecule has 0 aromatic heterocycles. The van der Waals surface area contributed by atoms with Crippen molar-refractivity contribution < 1.29 is 23.0 Å². The molecule has 0 radical (unpaired) electrons. The molecule has 0 fully saturated rings. The van der Waals surface area contributed by atoms with Gasteiger partial charge in [0.1, 0.15) is 11.6 Å². The summed E-state index contributed by atoms with van der Waals surface area (Å²) < 4.78 is 37.0. The summed E-state index contributed by atoms with van der Waals surface area (Å²) in [4.78, 5) is 11.9. The third-order valence-electron chi connectivity index (χ3n) is 4.72. The normalized spacial score (nSPS) is 12.2. The second-order valence-corrected chi connectivity index (χ2v) is 6.76. The molecule has 6 heteroatoms. The summed E-state index contributed by atoms with van der Waals surface area (Å²) in [6.07, 6.45) is 0.928. The number of ether oxygens (including phenoxy) is 2. The molecule has 4 rings (SSSR count). The van der Waals surface area contributed by atoms with Crippen LogP contribution in [-0.2, 0) is 17.8 Å². The predicted octanol–water partition coefficient (Wildman–Crippen LogP) is 4.26. The van der Waals surface area contributed by atoms with Crippen LogP contribution in [0.4, 0.5) is 8.78 Å². The van der Waals surface area contributed by atoms with Gasteiger partial charge in [-0.15, -0.1) is 0 Å². The van der Waals surface area contributed by atoms with Crippen molar-refractivity contribution in [3.8, 4) is 22.6 Å². The van der Waals surface area contributed by atoms with Crippen molar-refractivity contribution in [1.29, 1.82) is 0 Å². The van der Waals surface area contributed by atoms with Crippen LogP contribution in [0.2, 0.25) is 0 Å². The molecular weight excluding hydrogens is 376 g/mol. The Morgan fingerprint density at radius 3 is 2.59 bits per heavy atom. The van der Waals surface area contributed by atoms with Gasteiger partial charge in [-0.05, 0) is 46.5 Å². The highest BCUT2D eigenvalue weighted by Gasteiger charge is 2.13. The van der Waals surface area contributed by atoms with Gasteiger partial charge in [0.25, 0.3) is 5.91 Å². The van der Waals surface area contributed by atoms with E-state index in [1.54, 1.807) is 0 Å². The summed E-state index contributed by atoms with van der Waals surface area (Å²) in [7, 11) is 0. The highest BCUT2D eigenvalue weighted by Crippen LogP contribution is 2.30. The Kier molecular flexibility index (Phi) is 5.42. The Morgan fingerprint density at radius 1 is 1.00 bits per heavy atom. The molecule has 1 aliphatic heterocycles. The van der Waals surface area contributed by atoms with E-state index in [2.05, 4.69) is 11.4 Å². The second-order valence-electron chi connectivity index (χ2n) is 6.76. The molecule has 0 unspecified atom stereocenters. The summed E-state index contributed by atoms with van der Waals surface area (Å²) in [5.74, 6) is -1.14. The van der Waals surface area contributed by atoms with Crippen LogP contribution in [0, 0.1) is 11.6 Å². The minimum absolute atomic E-state index is 0.161. The van der Waals surface area contributed by atoms with Crippen molar-refractivity contribution in [2.45, 2.75) is 13.0 Å². The molecule has 0 saturated carbocycles. The van der Waals surface area contributed by atoms with Crippen LogP contribution in [0.1, 0.15) is 11.1 Å². The maximum Gasteiger partial charge on any atom is 0.258 e. The van der Waals surface area contributed by atoms with Crippen molar-refractivity contribution in [2.24, 2.45) is 0 Å². The van der Waals surface area contributed by atoms with Gasteiger partial charge in [-0.25, -0.2) is 8.78 Å². The highest BCUT2D eigenvalue weighted by molar-refractivity contribution is 5.77. The minimum Gasteiger partial charge on any atom is -0.493 e. The summed E-state index contributed by atoms with van der Waals surface area (Å²) in [6, 6.07) is 17.0. The van der Waals surface area contributed by atoms with Crippen molar-refractivity contribution in [3.63, 3.8) is 0 Å². The summed E-state index contributed by atoms with van der Waals surface area (Å²) in [5, 5.41) is 2.72. The number of hydrogen-bond acceptors (Lipinski definition) is 3. The number of benzene rings is 3. The zero-order valence-corrected chi connectivity index (χ0v) is 15.6. The maximum atomic E-state index is 13.5. The third kappa shape index (κ3) is 4.54. The molecule has 1 amide bonds. The molecule has 1 aliphatic rings. The Labute approximate surface area is 167 Å². The molecule has 1 heterocycles. The van der Waals surface area contributed by atoms with Gasteiger partial charge in [0.2, 0.25) is 0 Å². The van der Waals surface area contributed by atoms with Crippen molar-refractivity contribution >= 4 is 5.91 Å². The summed E-state index contributed by atoms with van der Waals surface area (Å²) >= 11 is 0. The Balaban J connectivity index is 1.30. The topological polar surface area (TPSA) is 47.6 Å². The van der Waals surface area contributed by atoms with E-state index in [1.807, 2.05) is 36.4 Å². The first-order valence-corrected chi connectivity index (χ1v) is 9.28. The lowest BCUT2D eigenvalue weighted by atomic mass is 10.0. The van der Waals surface area contributed by atoms with Crippen LogP contribution >= 0.6 is 0 Å². The standard InChI is InChI=1S/C23H19F2NO3/c24-19-6-8-22(20(25)12-19)29-14-23(27)26-13-15-1-3-16(4-2-15)17-5-7-21-18(11-17)9-10-28-21/h1-8,11-12H,9-10,13-14H2,(H,26,27). The van der Waals surface area contributed by atoms with Crippen LogP contribution in [0.3, 0.4) is 0 Å². The molecule has 4 nitrogen and oxygen atoms in total. The van der Waals surface area contributed by atoms with E-state index in [4.69, 9.17) is 9.47 Å². The number of halogens is 2. The number of carbonyl (C=O) groups is 1. The molecule has 29 heavy (non-hydrogen) atoms. The van der Waals surface area contributed by atoms with Gasteiger partial charge < -0.3 is 14.8 Å². The molecule has 148 valence electrons. The largest absolute Gasteiger partial charge is 0.493 e. The molecule has 0 spiro atoms. The van der Waals surface area contributed by atoms with Gasteiger partial charge in [0.15, 0.2) is 18.2 Å². The lowest BCUT2D eigenvalue weighted by Gasteiger charge is -2.09. The molecule has 0 aliphatic carbocycles. The fourth-order valence-electron chi connectivity index (χ4n) is 3.17. The average Bonchev–Trinajstić information content (AvgIpc) is 3.20. The minimum atomic E-state index is -0.841. The quantitative estimate of drug-likeness (QED) is 0.678. The van der Waals surface area contributed by atoms with E-state index in [9.17, 15) is 13.6 Å². The number of hydrogen-bond donors (Lipinski definition) is 1.